The van der Waals surface area contributed by atoms with Crippen molar-refractivity contribution in [3.63, 3.8) is 0 Å². The molecule has 6 nitrogen and oxygen atoms in total. The van der Waals surface area contributed by atoms with Gasteiger partial charge in [-0.05, 0) is 12.1 Å². The smallest absolute Gasteiger partial charge is 0.274 e. The largest absolute Gasteiger partial charge is 0.347 e. The molecule has 0 saturated carbocycles. The van der Waals surface area contributed by atoms with Crippen LogP contribution in [0.25, 0.3) is 10.9 Å². The maximum absolute atomic E-state index is 12.2. The lowest BCUT2D eigenvalue weighted by atomic mass is 10.2. The van der Waals surface area contributed by atoms with Gasteiger partial charge in [-0.2, -0.15) is 0 Å². The van der Waals surface area contributed by atoms with Crippen molar-refractivity contribution in [2.45, 2.75) is 0 Å². The summed E-state index contributed by atoms with van der Waals surface area (Å²) in [6, 6.07) is 11.2. The van der Waals surface area contributed by atoms with Gasteiger partial charge in [0, 0.05) is 19.5 Å². The van der Waals surface area contributed by atoms with E-state index in [9.17, 15) is 4.79 Å². The van der Waals surface area contributed by atoms with Gasteiger partial charge >= 0.3 is 0 Å². The molecule has 2 heterocycles. The fourth-order valence-electron chi connectivity index (χ4n) is 2.00. The summed E-state index contributed by atoms with van der Waals surface area (Å²) in [5.74, 6) is 0.300. The van der Waals surface area contributed by atoms with Gasteiger partial charge in [-0.3, -0.25) is 4.79 Å². The minimum atomic E-state index is -0.285. The fourth-order valence-corrected chi connectivity index (χ4v) is 2.00. The topological polar surface area (TPSA) is 71.0 Å². The molecule has 1 amide bonds. The first kappa shape index (κ1) is 13.9. The Bertz CT molecular complexity index is 814. The number of carbonyl (C=O) groups is 1. The summed E-state index contributed by atoms with van der Waals surface area (Å²) in [4.78, 5) is 26.7. The van der Waals surface area contributed by atoms with Crippen molar-refractivity contribution in [1.29, 1.82) is 0 Å². The molecular formula is C16H15N5O. The maximum Gasteiger partial charge on any atom is 0.274 e. The van der Waals surface area contributed by atoms with Crippen molar-refractivity contribution < 1.29 is 4.79 Å². The van der Waals surface area contributed by atoms with E-state index < -0.39 is 0 Å². The molecule has 0 spiro atoms. The highest BCUT2D eigenvalue weighted by Crippen LogP contribution is 2.13. The summed E-state index contributed by atoms with van der Waals surface area (Å²) < 4.78 is 0. The molecule has 1 aromatic carbocycles. The number of hydrogen-bond donors (Lipinski definition) is 1. The van der Waals surface area contributed by atoms with E-state index >= 15 is 0 Å². The first-order valence-corrected chi connectivity index (χ1v) is 6.80. The fraction of sp³-hybridized carbons (Fsp3) is 0.125. The van der Waals surface area contributed by atoms with Crippen molar-refractivity contribution >= 4 is 28.4 Å². The Balaban J connectivity index is 1.80. The Labute approximate surface area is 127 Å². The zero-order chi connectivity index (χ0) is 15.5. The summed E-state index contributed by atoms with van der Waals surface area (Å²) in [5.41, 5.74) is 1.68. The summed E-state index contributed by atoms with van der Waals surface area (Å²) in [5, 5.41) is 3.74. The summed E-state index contributed by atoms with van der Waals surface area (Å²) >= 11 is 0. The second-order valence-corrected chi connectivity index (χ2v) is 5.01. The Hall–Kier alpha value is -3.02. The number of benzene rings is 1. The van der Waals surface area contributed by atoms with E-state index in [-0.39, 0.29) is 5.91 Å². The van der Waals surface area contributed by atoms with Crippen LogP contribution < -0.4 is 10.2 Å². The Morgan fingerprint density at radius 2 is 1.77 bits per heavy atom. The molecule has 0 bridgehead atoms. The molecular weight excluding hydrogens is 278 g/mol. The van der Waals surface area contributed by atoms with E-state index in [2.05, 4.69) is 20.3 Å². The van der Waals surface area contributed by atoms with Gasteiger partial charge in [-0.25, -0.2) is 15.0 Å². The molecule has 0 fully saturated rings. The normalized spacial score (nSPS) is 10.5. The minimum absolute atomic E-state index is 0.285. The number of rotatable bonds is 3. The molecule has 0 unspecified atom stereocenters. The molecule has 2 aromatic heterocycles. The van der Waals surface area contributed by atoms with Crippen LogP contribution in [0, 0.1) is 0 Å². The quantitative estimate of drug-likeness (QED) is 0.802. The Morgan fingerprint density at radius 3 is 2.50 bits per heavy atom. The number of anilines is 2. The monoisotopic (exact) mass is 293 g/mol. The van der Waals surface area contributed by atoms with Gasteiger partial charge in [-0.15, -0.1) is 0 Å². The predicted molar refractivity (Wildman–Crippen MR) is 86.1 cm³/mol. The van der Waals surface area contributed by atoms with E-state index in [0.717, 1.165) is 10.9 Å². The minimum Gasteiger partial charge on any atom is -0.347 e. The number of carbonyl (C=O) groups excluding carboxylic acids is 1. The molecule has 6 heteroatoms. The SMILES string of the molecule is CN(C)c1ncc(NC(=O)c2ccc3ccccc3n2)cn1. The maximum atomic E-state index is 12.2. The Morgan fingerprint density at radius 1 is 1.05 bits per heavy atom. The average molecular weight is 293 g/mol. The number of hydrogen-bond acceptors (Lipinski definition) is 5. The van der Waals surface area contributed by atoms with Crippen LogP contribution >= 0.6 is 0 Å². The number of fused-ring (bicyclic) bond motifs is 1. The zero-order valence-corrected chi connectivity index (χ0v) is 12.3. The van der Waals surface area contributed by atoms with Crippen molar-refractivity contribution in [3.8, 4) is 0 Å². The van der Waals surface area contributed by atoms with E-state index in [0.29, 0.717) is 17.3 Å². The number of para-hydroxylation sites is 1. The molecule has 0 saturated heterocycles. The van der Waals surface area contributed by atoms with Gasteiger partial charge in [-0.1, -0.05) is 24.3 Å². The molecule has 3 aromatic rings. The van der Waals surface area contributed by atoms with E-state index in [4.69, 9.17) is 0 Å². The van der Waals surface area contributed by atoms with Gasteiger partial charge < -0.3 is 10.2 Å². The Kier molecular flexibility index (Phi) is 3.65. The van der Waals surface area contributed by atoms with Crippen LogP contribution in [-0.2, 0) is 0 Å². The predicted octanol–water partition coefficient (Wildman–Crippen LogP) is 2.34. The number of nitrogens with zero attached hydrogens (tertiary/aromatic N) is 4. The lowest BCUT2D eigenvalue weighted by molar-refractivity contribution is 0.102. The average Bonchev–Trinajstić information content (AvgIpc) is 2.55. The highest BCUT2D eigenvalue weighted by Gasteiger charge is 2.09. The third-order valence-corrected chi connectivity index (χ3v) is 3.13. The van der Waals surface area contributed by atoms with E-state index in [1.165, 1.54) is 0 Å². The molecule has 22 heavy (non-hydrogen) atoms. The van der Waals surface area contributed by atoms with Crippen LogP contribution in [0.1, 0.15) is 10.5 Å². The van der Waals surface area contributed by atoms with Gasteiger partial charge in [0.2, 0.25) is 5.95 Å². The van der Waals surface area contributed by atoms with Crippen molar-refractivity contribution in [2.75, 3.05) is 24.3 Å². The molecule has 0 aliphatic carbocycles. The summed E-state index contributed by atoms with van der Waals surface area (Å²) in [6.07, 6.45) is 3.14. The number of nitrogens with one attached hydrogen (secondary N) is 1. The summed E-state index contributed by atoms with van der Waals surface area (Å²) in [6.45, 7) is 0. The summed E-state index contributed by atoms with van der Waals surface area (Å²) in [7, 11) is 3.71. The van der Waals surface area contributed by atoms with Crippen LogP contribution in [-0.4, -0.2) is 35.0 Å². The molecule has 1 N–H and O–H groups in total. The van der Waals surface area contributed by atoms with Gasteiger partial charge in [0.05, 0.1) is 23.6 Å². The third kappa shape index (κ3) is 2.85. The second kappa shape index (κ2) is 5.77. The van der Waals surface area contributed by atoms with Crippen LogP contribution in [0.2, 0.25) is 0 Å². The molecule has 110 valence electrons. The highest BCUT2D eigenvalue weighted by molar-refractivity contribution is 6.03. The van der Waals surface area contributed by atoms with E-state index in [1.807, 2.05) is 44.4 Å². The van der Waals surface area contributed by atoms with E-state index in [1.54, 1.807) is 23.4 Å². The molecule has 0 atom stereocenters. The third-order valence-electron chi connectivity index (χ3n) is 3.13. The molecule has 0 aliphatic rings. The first-order valence-electron chi connectivity index (χ1n) is 6.80. The van der Waals surface area contributed by atoms with Crippen LogP contribution in [0.5, 0.6) is 0 Å². The number of aromatic nitrogens is 3. The number of amides is 1. The van der Waals surface area contributed by atoms with Gasteiger partial charge in [0.1, 0.15) is 5.69 Å². The van der Waals surface area contributed by atoms with Crippen LogP contribution in [0.3, 0.4) is 0 Å². The lowest BCUT2D eigenvalue weighted by Crippen LogP contribution is -2.16. The second-order valence-electron chi connectivity index (χ2n) is 5.01. The van der Waals surface area contributed by atoms with Crippen LogP contribution in [0.4, 0.5) is 11.6 Å². The van der Waals surface area contributed by atoms with Crippen molar-refractivity contribution in [2.24, 2.45) is 0 Å². The van der Waals surface area contributed by atoms with Gasteiger partial charge in [0.25, 0.3) is 5.91 Å². The first-order chi connectivity index (χ1) is 10.6. The standard InChI is InChI=1S/C16H15N5O/c1-21(2)16-17-9-12(10-18-16)19-15(22)14-8-7-11-5-3-4-6-13(11)20-14/h3-10H,1-2H3,(H,19,22). The zero-order valence-electron chi connectivity index (χ0n) is 12.3. The lowest BCUT2D eigenvalue weighted by Gasteiger charge is -2.10. The van der Waals surface area contributed by atoms with Crippen molar-refractivity contribution in [3.05, 3.63) is 54.5 Å². The van der Waals surface area contributed by atoms with Gasteiger partial charge in [0.15, 0.2) is 0 Å². The number of pyridine rings is 1. The molecule has 0 aliphatic heterocycles. The molecule has 3 rings (SSSR count). The highest BCUT2D eigenvalue weighted by atomic mass is 16.1. The molecule has 0 radical (unpaired) electrons. The van der Waals surface area contributed by atoms with Crippen LogP contribution in [0.15, 0.2) is 48.8 Å². The van der Waals surface area contributed by atoms with Crippen molar-refractivity contribution in [1.82, 2.24) is 15.0 Å².